The number of nitrogens with zero attached hydrogens (tertiary/aromatic N) is 3. The fourth-order valence-corrected chi connectivity index (χ4v) is 5.00. The minimum absolute atomic E-state index is 0.0807. The molecule has 1 aliphatic heterocycles. The Balaban J connectivity index is 1.54. The van der Waals surface area contributed by atoms with Gasteiger partial charge in [0.15, 0.2) is 0 Å². The Morgan fingerprint density at radius 1 is 1.05 bits per heavy atom. The van der Waals surface area contributed by atoms with Crippen LogP contribution in [0, 0.1) is 6.92 Å². The van der Waals surface area contributed by atoms with Crippen molar-refractivity contribution in [3.05, 3.63) is 87.9 Å². The normalized spacial score (nSPS) is 13.2. The van der Waals surface area contributed by atoms with E-state index in [0.29, 0.717) is 23.4 Å². The quantitative estimate of drug-likeness (QED) is 0.283. The molecular formula is C31H33ClN4O6. The molecule has 3 aromatic carbocycles. The number of aryl methyl sites for hydroxylation is 1. The molecule has 11 heteroatoms. The first-order valence-electron chi connectivity index (χ1n) is 13.3. The minimum Gasteiger partial charge on any atom is -0.428 e. The average Bonchev–Trinajstić information content (AvgIpc) is 2.94. The molecule has 1 N–H and O–H groups in total. The van der Waals surface area contributed by atoms with Crippen molar-refractivity contribution in [2.45, 2.75) is 32.9 Å². The van der Waals surface area contributed by atoms with Crippen molar-refractivity contribution in [3.8, 4) is 0 Å². The summed E-state index contributed by atoms with van der Waals surface area (Å²) in [5, 5.41) is 2.95. The van der Waals surface area contributed by atoms with Crippen LogP contribution in [-0.4, -0.2) is 57.9 Å². The van der Waals surface area contributed by atoms with Gasteiger partial charge in [-0.05, 0) is 60.0 Å². The van der Waals surface area contributed by atoms with Gasteiger partial charge in [-0.1, -0.05) is 35.9 Å². The van der Waals surface area contributed by atoms with Gasteiger partial charge in [0.25, 0.3) is 5.91 Å². The lowest BCUT2D eigenvalue weighted by Crippen LogP contribution is -2.45. The number of carbonyl (C=O) groups is 4. The van der Waals surface area contributed by atoms with Crippen LogP contribution in [0.25, 0.3) is 0 Å². The second-order valence-corrected chi connectivity index (χ2v) is 10.6. The van der Waals surface area contributed by atoms with Crippen molar-refractivity contribution in [2.24, 2.45) is 0 Å². The number of ether oxygens (including phenoxy) is 2. The zero-order valence-corrected chi connectivity index (χ0v) is 24.9. The summed E-state index contributed by atoms with van der Waals surface area (Å²) in [6, 6.07) is 16.9. The molecule has 10 nitrogen and oxygen atoms in total. The van der Waals surface area contributed by atoms with Crippen LogP contribution >= 0.6 is 11.6 Å². The van der Waals surface area contributed by atoms with Gasteiger partial charge in [-0.3, -0.25) is 19.4 Å². The second-order valence-electron chi connectivity index (χ2n) is 10.2. The molecule has 3 aromatic rings. The number of anilines is 3. The molecular weight excluding hydrogens is 560 g/mol. The number of hydrogen-bond donors (Lipinski definition) is 1. The lowest BCUT2D eigenvalue weighted by Gasteiger charge is -2.35. The molecule has 1 aliphatic rings. The van der Waals surface area contributed by atoms with E-state index >= 15 is 0 Å². The van der Waals surface area contributed by atoms with E-state index in [1.807, 2.05) is 31.1 Å². The van der Waals surface area contributed by atoms with Gasteiger partial charge in [-0.2, -0.15) is 0 Å². The van der Waals surface area contributed by atoms with Crippen LogP contribution in [0.4, 0.5) is 21.9 Å². The summed E-state index contributed by atoms with van der Waals surface area (Å²) in [6.07, 6.45) is 0.0807. The number of urea groups is 1. The molecule has 3 amide bonds. The van der Waals surface area contributed by atoms with Crippen molar-refractivity contribution in [1.29, 1.82) is 0 Å². The highest BCUT2D eigenvalue weighted by molar-refractivity contribution is 6.34. The number of fused-ring (bicyclic) bond motifs is 1. The van der Waals surface area contributed by atoms with Crippen molar-refractivity contribution in [1.82, 2.24) is 5.32 Å². The first kappa shape index (κ1) is 30.4. The molecule has 4 rings (SSSR count). The summed E-state index contributed by atoms with van der Waals surface area (Å²) < 4.78 is 9.83. The van der Waals surface area contributed by atoms with Crippen molar-refractivity contribution in [2.75, 3.05) is 42.6 Å². The Morgan fingerprint density at radius 3 is 2.40 bits per heavy atom. The Morgan fingerprint density at radius 2 is 1.76 bits per heavy atom. The number of rotatable bonds is 9. The Kier molecular flexibility index (Phi) is 9.37. The van der Waals surface area contributed by atoms with Crippen LogP contribution in [0.15, 0.2) is 60.7 Å². The van der Waals surface area contributed by atoms with Gasteiger partial charge in [0, 0.05) is 45.9 Å². The SMILES string of the molecule is CC(=O)OCOC(=O)[C@H](Cc1ccc(N2Cc3cc(N(C)C)ccc3N(C)C2=O)cc1)NC(=O)c1c(C)cccc1Cl. The highest BCUT2D eigenvalue weighted by Gasteiger charge is 2.30. The summed E-state index contributed by atoms with van der Waals surface area (Å²) in [6.45, 7) is 2.76. The zero-order chi connectivity index (χ0) is 30.6. The Bertz CT molecular complexity index is 1490. The van der Waals surface area contributed by atoms with E-state index in [4.69, 9.17) is 21.1 Å². The fourth-order valence-electron chi connectivity index (χ4n) is 4.69. The molecule has 0 fully saturated rings. The highest BCUT2D eigenvalue weighted by atomic mass is 35.5. The maximum atomic E-state index is 13.2. The third kappa shape index (κ3) is 6.83. The third-order valence-corrected chi connectivity index (χ3v) is 7.29. The largest absolute Gasteiger partial charge is 0.428 e. The molecule has 0 spiro atoms. The second kappa shape index (κ2) is 12.9. The number of nitrogens with one attached hydrogen (secondary N) is 1. The monoisotopic (exact) mass is 592 g/mol. The smallest absolute Gasteiger partial charge is 0.331 e. The highest BCUT2D eigenvalue weighted by Crippen LogP contribution is 2.33. The van der Waals surface area contributed by atoms with Gasteiger partial charge in [0.2, 0.25) is 6.79 Å². The fraction of sp³-hybridized carbons (Fsp3) is 0.290. The van der Waals surface area contributed by atoms with Gasteiger partial charge >= 0.3 is 18.0 Å². The summed E-state index contributed by atoms with van der Waals surface area (Å²) in [4.78, 5) is 55.7. The van der Waals surface area contributed by atoms with Crippen LogP contribution in [0.1, 0.15) is 34.0 Å². The summed E-state index contributed by atoms with van der Waals surface area (Å²) in [5.74, 6) is -1.93. The van der Waals surface area contributed by atoms with Gasteiger partial charge in [0.1, 0.15) is 6.04 Å². The van der Waals surface area contributed by atoms with E-state index in [1.165, 1.54) is 6.92 Å². The van der Waals surface area contributed by atoms with Crippen LogP contribution in [0.5, 0.6) is 0 Å². The molecule has 1 atom stereocenters. The van der Waals surface area contributed by atoms with E-state index in [-0.39, 0.29) is 23.0 Å². The van der Waals surface area contributed by atoms with Crippen LogP contribution < -0.4 is 20.0 Å². The average molecular weight is 593 g/mol. The molecule has 0 unspecified atom stereocenters. The van der Waals surface area contributed by atoms with Gasteiger partial charge in [-0.25, -0.2) is 9.59 Å². The number of amides is 3. The predicted molar refractivity (Wildman–Crippen MR) is 161 cm³/mol. The Hall–Kier alpha value is -4.57. The van der Waals surface area contributed by atoms with Crippen LogP contribution in [0.2, 0.25) is 5.02 Å². The lowest BCUT2D eigenvalue weighted by molar-refractivity contribution is -0.167. The first-order chi connectivity index (χ1) is 20.0. The maximum Gasteiger partial charge on any atom is 0.331 e. The maximum absolute atomic E-state index is 13.2. The molecule has 0 radical (unpaired) electrons. The minimum atomic E-state index is -1.10. The van der Waals surface area contributed by atoms with E-state index in [2.05, 4.69) is 11.4 Å². The van der Waals surface area contributed by atoms with E-state index in [1.54, 1.807) is 66.2 Å². The van der Waals surface area contributed by atoms with Gasteiger partial charge < -0.3 is 19.7 Å². The van der Waals surface area contributed by atoms with E-state index < -0.39 is 30.7 Å². The zero-order valence-electron chi connectivity index (χ0n) is 24.1. The van der Waals surface area contributed by atoms with E-state index in [9.17, 15) is 19.2 Å². The van der Waals surface area contributed by atoms with Gasteiger partial charge in [0.05, 0.1) is 22.8 Å². The van der Waals surface area contributed by atoms with Gasteiger partial charge in [-0.15, -0.1) is 0 Å². The van der Waals surface area contributed by atoms with Crippen molar-refractivity contribution in [3.63, 3.8) is 0 Å². The summed E-state index contributed by atoms with van der Waals surface area (Å²) in [5.41, 5.74) is 5.19. The van der Waals surface area contributed by atoms with Crippen molar-refractivity contribution < 1.29 is 28.7 Å². The third-order valence-electron chi connectivity index (χ3n) is 6.98. The molecule has 0 bridgehead atoms. The van der Waals surface area contributed by atoms with Crippen LogP contribution in [0.3, 0.4) is 0 Å². The number of hydrogen-bond acceptors (Lipinski definition) is 7. The molecule has 0 aliphatic carbocycles. The Labute approximate surface area is 249 Å². The lowest BCUT2D eigenvalue weighted by atomic mass is 10.0. The predicted octanol–water partition coefficient (Wildman–Crippen LogP) is 4.70. The number of halogens is 1. The molecule has 1 heterocycles. The number of esters is 2. The van der Waals surface area contributed by atoms with E-state index in [0.717, 1.165) is 16.9 Å². The van der Waals surface area contributed by atoms with Crippen molar-refractivity contribution >= 4 is 52.5 Å². The summed E-state index contributed by atoms with van der Waals surface area (Å²) >= 11 is 6.26. The molecule has 0 saturated heterocycles. The van der Waals surface area contributed by atoms with Crippen LogP contribution in [-0.2, 0) is 32.0 Å². The number of carbonyl (C=O) groups excluding carboxylic acids is 4. The molecule has 0 aromatic heterocycles. The number of benzene rings is 3. The molecule has 42 heavy (non-hydrogen) atoms. The molecule has 220 valence electrons. The first-order valence-corrected chi connectivity index (χ1v) is 13.6. The topological polar surface area (TPSA) is 108 Å². The molecule has 0 saturated carbocycles. The standard InChI is InChI=1S/C31H33ClN4O6/c1-19-7-6-8-25(32)28(19)29(38)33-26(30(39)42-18-41-20(2)37)15-21-9-11-23(12-10-21)36-17-22-16-24(34(3)4)13-14-27(22)35(5)31(36)40/h6-14,16,26H,15,17-18H2,1-5H3,(H,33,38)/t26-/m0/s1. The summed E-state index contributed by atoms with van der Waals surface area (Å²) in [7, 11) is 5.67.